The molecule has 3 saturated carbocycles. The van der Waals surface area contributed by atoms with Crippen LogP contribution in [0.2, 0.25) is 0 Å². The monoisotopic (exact) mass is 531 g/mol. The lowest BCUT2D eigenvalue weighted by atomic mass is 9.43. The molecule has 1 aromatic heterocycles. The van der Waals surface area contributed by atoms with E-state index in [0.717, 1.165) is 31.4 Å². The Kier molecular flexibility index (Phi) is 6.13. The van der Waals surface area contributed by atoms with Crippen LogP contribution in [0.4, 0.5) is 5.69 Å². The van der Waals surface area contributed by atoms with Gasteiger partial charge in [-0.05, 0) is 91.8 Å². The first-order chi connectivity index (χ1) is 18.1. The molecule has 0 saturated heterocycles. The fraction of sp³-hybridized carbons (Fsp3) is 0.548. The molecule has 0 spiro atoms. The van der Waals surface area contributed by atoms with E-state index in [1.165, 1.54) is 11.1 Å². The Bertz CT molecular complexity index is 1300. The third kappa shape index (κ3) is 3.72. The predicted octanol–water partition coefficient (Wildman–Crippen LogP) is 5.57. The number of nitrogens with zero attached hydrogens (tertiary/aromatic N) is 3. The molecule has 7 heteroatoms. The summed E-state index contributed by atoms with van der Waals surface area (Å²) < 4.78 is 8.52. The third-order valence-corrected chi connectivity index (χ3v) is 10.8. The summed E-state index contributed by atoms with van der Waals surface area (Å²) in [4.78, 5) is 32.6. The average molecular weight is 532 g/mol. The standard InChI is InChI=1S/C31H37N3O3S/c1-30-14-13-22(35)17-20(30)7-10-23-24-11-12-25(36)31(24,2)28(37-29(38)34-16-15-32-18-34)26(27(23)30)19-5-8-21(9-6-19)33(3)4/h5-6,8-9,15-18,23-24,26-28H,7,10-14H2,1-4H3/t23-,24-,26?,27+,28-,30-,31-/m0/s1. The second-order valence-electron chi connectivity index (χ2n) is 12.4. The Hall–Kier alpha value is -2.80. The zero-order valence-electron chi connectivity index (χ0n) is 22.7. The summed E-state index contributed by atoms with van der Waals surface area (Å²) in [6.45, 7) is 4.51. The number of carbonyl (C=O) groups is 2. The molecule has 1 heterocycles. The highest BCUT2D eigenvalue weighted by atomic mass is 32.1. The van der Waals surface area contributed by atoms with E-state index in [9.17, 15) is 9.59 Å². The maximum absolute atomic E-state index is 13.8. The Labute approximate surface area is 230 Å². The number of hydrogen-bond donors (Lipinski definition) is 0. The van der Waals surface area contributed by atoms with E-state index in [-0.39, 0.29) is 29.0 Å². The van der Waals surface area contributed by atoms with Gasteiger partial charge in [0.1, 0.15) is 18.2 Å². The van der Waals surface area contributed by atoms with Crippen molar-refractivity contribution >= 4 is 34.6 Å². The topological polar surface area (TPSA) is 64.4 Å². The van der Waals surface area contributed by atoms with E-state index in [2.05, 4.69) is 48.0 Å². The number of Topliss-reactive ketones (excluding diaryl/α,β-unsaturated/α-hetero) is 1. The van der Waals surface area contributed by atoms with Gasteiger partial charge in [0.25, 0.3) is 5.17 Å². The van der Waals surface area contributed by atoms with Gasteiger partial charge < -0.3 is 9.64 Å². The second kappa shape index (κ2) is 9.15. The maximum atomic E-state index is 13.8. The smallest absolute Gasteiger partial charge is 0.269 e. The van der Waals surface area contributed by atoms with Gasteiger partial charge in [-0.1, -0.05) is 24.6 Å². The molecule has 38 heavy (non-hydrogen) atoms. The van der Waals surface area contributed by atoms with Crippen LogP contribution in [-0.4, -0.2) is 46.5 Å². The first kappa shape index (κ1) is 25.5. The summed E-state index contributed by atoms with van der Waals surface area (Å²) in [7, 11) is 4.09. The second-order valence-corrected chi connectivity index (χ2v) is 12.8. The van der Waals surface area contributed by atoms with Crippen LogP contribution in [-0.2, 0) is 14.3 Å². The van der Waals surface area contributed by atoms with Crippen LogP contribution in [0.1, 0.15) is 63.9 Å². The van der Waals surface area contributed by atoms with Gasteiger partial charge in [0.15, 0.2) is 5.78 Å². The number of fused-ring (bicyclic) bond motifs is 5. The minimum absolute atomic E-state index is 0.0390. The first-order valence-corrected chi connectivity index (χ1v) is 14.3. The van der Waals surface area contributed by atoms with Crippen LogP contribution in [0.5, 0.6) is 0 Å². The number of ether oxygens (including phenoxy) is 1. The number of hydrogen-bond acceptors (Lipinski definition) is 6. The highest BCUT2D eigenvalue weighted by Crippen LogP contribution is 2.68. The number of rotatable bonds is 3. The Morgan fingerprint density at radius 2 is 1.87 bits per heavy atom. The molecule has 6 nitrogen and oxygen atoms in total. The van der Waals surface area contributed by atoms with Gasteiger partial charge in [0, 0.05) is 50.9 Å². The zero-order chi connectivity index (χ0) is 26.8. The zero-order valence-corrected chi connectivity index (χ0v) is 23.5. The minimum Gasteiger partial charge on any atom is -0.465 e. The normalized spacial score (nSPS) is 36.1. The summed E-state index contributed by atoms with van der Waals surface area (Å²) >= 11 is 5.79. The van der Waals surface area contributed by atoms with Crippen LogP contribution in [0.25, 0.3) is 0 Å². The Morgan fingerprint density at radius 3 is 2.55 bits per heavy atom. The van der Waals surface area contributed by atoms with E-state index in [4.69, 9.17) is 17.0 Å². The number of aromatic nitrogens is 2. The molecule has 6 rings (SSSR count). The number of ketones is 2. The number of allylic oxidation sites excluding steroid dienone is 1. The first-order valence-electron chi connectivity index (χ1n) is 13.9. The van der Waals surface area contributed by atoms with E-state index in [1.807, 2.05) is 20.2 Å². The van der Waals surface area contributed by atoms with Crippen LogP contribution < -0.4 is 4.90 Å². The summed E-state index contributed by atoms with van der Waals surface area (Å²) in [6.07, 6.45) is 11.5. The number of anilines is 1. The SMILES string of the molecule is CN(C)c1ccc(C2[C@H](OC(=S)n3ccnc3)[C@]3(C)C(=O)CC[C@H]3[C@@H]3CCC4=CC(=O)CC[C@]4(C)[C@@H]23)cc1. The maximum Gasteiger partial charge on any atom is 0.269 e. The van der Waals surface area contributed by atoms with Crippen molar-refractivity contribution in [3.8, 4) is 0 Å². The molecule has 7 atom stereocenters. The van der Waals surface area contributed by atoms with Crippen molar-refractivity contribution in [2.75, 3.05) is 19.0 Å². The van der Waals surface area contributed by atoms with Gasteiger partial charge in [-0.3, -0.25) is 14.2 Å². The number of benzene rings is 1. The van der Waals surface area contributed by atoms with Crippen LogP contribution in [0.15, 0.2) is 54.6 Å². The molecular weight excluding hydrogens is 494 g/mol. The minimum atomic E-state index is -0.626. The highest BCUT2D eigenvalue weighted by molar-refractivity contribution is 7.80. The van der Waals surface area contributed by atoms with Crippen molar-refractivity contribution in [1.82, 2.24) is 9.55 Å². The van der Waals surface area contributed by atoms with Crippen molar-refractivity contribution in [3.63, 3.8) is 0 Å². The van der Waals surface area contributed by atoms with E-state index >= 15 is 0 Å². The van der Waals surface area contributed by atoms with Gasteiger partial charge in [0.05, 0.1) is 5.41 Å². The van der Waals surface area contributed by atoms with Crippen molar-refractivity contribution in [2.45, 2.75) is 64.4 Å². The van der Waals surface area contributed by atoms with E-state index < -0.39 is 11.5 Å². The van der Waals surface area contributed by atoms with Crippen LogP contribution >= 0.6 is 12.2 Å². The molecule has 4 aliphatic carbocycles. The van der Waals surface area contributed by atoms with Gasteiger partial charge in [0.2, 0.25) is 0 Å². The third-order valence-electron chi connectivity index (χ3n) is 10.5. The van der Waals surface area contributed by atoms with Gasteiger partial charge in [-0.25, -0.2) is 4.98 Å². The molecule has 0 aliphatic heterocycles. The molecule has 2 aromatic rings. The summed E-state index contributed by atoms with van der Waals surface area (Å²) in [5.74, 6) is 1.38. The molecule has 1 aromatic carbocycles. The van der Waals surface area contributed by atoms with Crippen LogP contribution in [0.3, 0.4) is 0 Å². The molecule has 200 valence electrons. The number of carbonyl (C=O) groups excluding carboxylic acids is 2. The van der Waals surface area contributed by atoms with Crippen molar-refractivity contribution < 1.29 is 14.3 Å². The van der Waals surface area contributed by atoms with Gasteiger partial charge >= 0.3 is 0 Å². The largest absolute Gasteiger partial charge is 0.465 e. The van der Waals surface area contributed by atoms with Crippen LogP contribution in [0, 0.1) is 28.6 Å². The van der Waals surface area contributed by atoms with Crippen molar-refractivity contribution in [1.29, 1.82) is 0 Å². The Balaban J connectivity index is 1.54. The number of thiocarbonyl (C=S) groups is 1. The fourth-order valence-corrected chi connectivity index (χ4v) is 8.77. The predicted molar refractivity (Wildman–Crippen MR) is 151 cm³/mol. The van der Waals surface area contributed by atoms with Crippen molar-refractivity contribution in [3.05, 3.63) is 60.2 Å². The molecule has 3 fully saturated rings. The lowest BCUT2D eigenvalue weighted by Crippen LogP contribution is -2.61. The van der Waals surface area contributed by atoms with E-state index in [1.54, 1.807) is 23.3 Å². The molecule has 0 radical (unpaired) electrons. The Morgan fingerprint density at radius 1 is 1.11 bits per heavy atom. The summed E-state index contributed by atoms with van der Waals surface area (Å²) in [6, 6.07) is 8.75. The summed E-state index contributed by atoms with van der Waals surface area (Å²) in [5, 5.41) is 0.330. The molecule has 0 amide bonds. The lowest BCUT2D eigenvalue weighted by molar-refractivity contribution is -0.154. The quantitative estimate of drug-likeness (QED) is 0.483. The molecule has 0 bridgehead atoms. The molecule has 4 aliphatic rings. The van der Waals surface area contributed by atoms with Crippen molar-refractivity contribution in [2.24, 2.45) is 28.6 Å². The molecular formula is C31H37N3O3S. The molecule has 0 N–H and O–H groups in total. The molecule has 1 unspecified atom stereocenters. The van der Waals surface area contributed by atoms with E-state index in [0.29, 0.717) is 29.7 Å². The highest BCUT2D eigenvalue weighted by Gasteiger charge is 2.67. The van der Waals surface area contributed by atoms with Gasteiger partial charge in [-0.2, -0.15) is 0 Å². The number of imidazole rings is 1. The average Bonchev–Trinajstić information content (AvgIpc) is 3.54. The fourth-order valence-electron chi connectivity index (χ4n) is 8.56. The van der Waals surface area contributed by atoms with Gasteiger partial charge in [-0.15, -0.1) is 0 Å². The summed E-state index contributed by atoms with van der Waals surface area (Å²) in [5.41, 5.74) is 2.86. The lowest BCUT2D eigenvalue weighted by Gasteiger charge is -2.62.